The smallest absolute Gasteiger partial charge is 0.306 e. The van der Waals surface area contributed by atoms with Gasteiger partial charge in [-0.1, -0.05) is 6.92 Å². The van der Waals surface area contributed by atoms with E-state index in [1.165, 1.54) is 12.8 Å². The molecule has 0 amide bonds. The molecule has 0 radical (unpaired) electrons. The van der Waals surface area contributed by atoms with Crippen molar-refractivity contribution >= 4 is 5.97 Å². The molecule has 1 saturated carbocycles. The van der Waals surface area contributed by atoms with E-state index in [0.717, 1.165) is 0 Å². The van der Waals surface area contributed by atoms with Crippen LogP contribution in [-0.4, -0.2) is 29.8 Å². The normalized spacial score (nSPS) is 18.2. The van der Waals surface area contributed by atoms with Crippen molar-refractivity contribution in [3.63, 3.8) is 0 Å². The molecule has 0 heterocycles. The van der Waals surface area contributed by atoms with Crippen molar-refractivity contribution in [2.75, 3.05) is 0 Å². The van der Waals surface area contributed by atoms with Crippen LogP contribution in [0.1, 0.15) is 53.9 Å². The number of carbonyl (C=O) groups excluding carboxylic acids is 1. The van der Waals surface area contributed by atoms with E-state index in [9.17, 15) is 4.79 Å². The molecule has 0 saturated heterocycles. The fourth-order valence-electron chi connectivity index (χ4n) is 1.69. The molecule has 4 heteroatoms. The zero-order chi connectivity index (χ0) is 13.1. The van der Waals surface area contributed by atoms with Crippen LogP contribution >= 0.6 is 0 Å². The number of rotatable bonds is 7. The summed E-state index contributed by atoms with van der Waals surface area (Å²) >= 11 is 0. The summed E-state index contributed by atoms with van der Waals surface area (Å²) in [6, 6.07) is 0.928. The molecule has 0 aromatic rings. The maximum atomic E-state index is 11.4. The monoisotopic (exact) mass is 242 g/mol. The molecule has 1 unspecified atom stereocenters. The Balaban J connectivity index is 2.60. The summed E-state index contributed by atoms with van der Waals surface area (Å²) in [7, 11) is 0. The molecule has 1 rings (SSSR count). The van der Waals surface area contributed by atoms with Gasteiger partial charge in [0, 0.05) is 18.5 Å². The topological polar surface area (TPSA) is 50.4 Å². The number of esters is 1. The van der Waals surface area contributed by atoms with E-state index < -0.39 is 5.60 Å². The van der Waals surface area contributed by atoms with Crippen LogP contribution in [0.15, 0.2) is 0 Å². The molecule has 0 aliphatic heterocycles. The number of hydrogen-bond donors (Lipinski definition) is 2. The Hall–Kier alpha value is -0.610. The molecule has 17 heavy (non-hydrogen) atoms. The number of hydrogen-bond acceptors (Lipinski definition) is 4. The van der Waals surface area contributed by atoms with Crippen LogP contribution in [0.25, 0.3) is 0 Å². The second-order valence-corrected chi connectivity index (χ2v) is 5.63. The third kappa shape index (κ3) is 5.04. The third-order valence-electron chi connectivity index (χ3n) is 2.84. The van der Waals surface area contributed by atoms with Crippen LogP contribution in [0.3, 0.4) is 0 Å². The second-order valence-electron chi connectivity index (χ2n) is 5.63. The molecule has 0 bridgehead atoms. The standard InChI is InChI=1S/C13H26N2O2/c1-6-11(16)17-13(4,5)12(14-9(2)3)15-10-7-8-10/h9-10,12,14-15H,6-8H2,1-5H3. The van der Waals surface area contributed by atoms with Gasteiger partial charge in [-0.15, -0.1) is 0 Å². The molecular formula is C13H26N2O2. The van der Waals surface area contributed by atoms with E-state index in [4.69, 9.17) is 4.74 Å². The minimum absolute atomic E-state index is 0.00509. The minimum atomic E-state index is -0.528. The van der Waals surface area contributed by atoms with Gasteiger partial charge in [-0.25, -0.2) is 0 Å². The highest BCUT2D eigenvalue weighted by Gasteiger charge is 2.37. The van der Waals surface area contributed by atoms with Crippen LogP contribution in [0.2, 0.25) is 0 Å². The predicted octanol–water partition coefficient (Wildman–Crippen LogP) is 1.79. The zero-order valence-electron chi connectivity index (χ0n) is 11.7. The Morgan fingerprint density at radius 2 is 2.00 bits per heavy atom. The van der Waals surface area contributed by atoms with Crippen molar-refractivity contribution in [3.8, 4) is 0 Å². The van der Waals surface area contributed by atoms with Gasteiger partial charge in [0.25, 0.3) is 0 Å². The predicted molar refractivity (Wildman–Crippen MR) is 68.7 cm³/mol. The summed E-state index contributed by atoms with van der Waals surface area (Å²) in [4.78, 5) is 11.4. The van der Waals surface area contributed by atoms with Gasteiger partial charge in [-0.2, -0.15) is 0 Å². The maximum absolute atomic E-state index is 11.4. The molecule has 4 nitrogen and oxygen atoms in total. The van der Waals surface area contributed by atoms with E-state index in [-0.39, 0.29) is 12.1 Å². The minimum Gasteiger partial charge on any atom is -0.457 e. The highest BCUT2D eigenvalue weighted by molar-refractivity contribution is 5.69. The van der Waals surface area contributed by atoms with E-state index in [1.54, 1.807) is 0 Å². The van der Waals surface area contributed by atoms with Crippen LogP contribution in [0.4, 0.5) is 0 Å². The number of ether oxygens (including phenoxy) is 1. The molecule has 0 spiro atoms. The van der Waals surface area contributed by atoms with Crippen LogP contribution in [-0.2, 0) is 9.53 Å². The van der Waals surface area contributed by atoms with Crippen LogP contribution < -0.4 is 10.6 Å². The molecule has 1 aliphatic rings. The van der Waals surface area contributed by atoms with Gasteiger partial charge < -0.3 is 4.74 Å². The van der Waals surface area contributed by atoms with Gasteiger partial charge >= 0.3 is 5.97 Å². The van der Waals surface area contributed by atoms with Gasteiger partial charge in [0.1, 0.15) is 5.60 Å². The average molecular weight is 242 g/mol. The first-order valence-electron chi connectivity index (χ1n) is 6.59. The Kier molecular flexibility index (Phi) is 4.95. The highest BCUT2D eigenvalue weighted by atomic mass is 16.6. The second kappa shape index (κ2) is 5.83. The summed E-state index contributed by atoms with van der Waals surface area (Å²) < 4.78 is 5.51. The summed E-state index contributed by atoms with van der Waals surface area (Å²) in [5.74, 6) is -0.150. The van der Waals surface area contributed by atoms with Gasteiger partial charge in [0.05, 0.1) is 6.17 Å². The molecule has 1 fully saturated rings. The van der Waals surface area contributed by atoms with Crippen LogP contribution in [0.5, 0.6) is 0 Å². The molecule has 1 atom stereocenters. The van der Waals surface area contributed by atoms with E-state index in [0.29, 0.717) is 18.5 Å². The van der Waals surface area contributed by atoms with Gasteiger partial charge in [0.2, 0.25) is 0 Å². The Morgan fingerprint density at radius 3 is 2.41 bits per heavy atom. The van der Waals surface area contributed by atoms with E-state index >= 15 is 0 Å². The van der Waals surface area contributed by atoms with Crippen molar-refractivity contribution < 1.29 is 9.53 Å². The fourth-order valence-corrected chi connectivity index (χ4v) is 1.69. The molecular weight excluding hydrogens is 216 g/mol. The highest BCUT2D eigenvalue weighted by Crippen LogP contribution is 2.23. The molecule has 100 valence electrons. The van der Waals surface area contributed by atoms with Crippen LogP contribution in [0, 0.1) is 0 Å². The Labute approximate surface area is 104 Å². The fraction of sp³-hybridized carbons (Fsp3) is 0.923. The molecule has 0 aromatic carbocycles. The first-order chi connectivity index (χ1) is 7.85. The summed E-state index contributed by atoms with van der Waals surface area (Å²) in [5.41, 5.74) is -0.528. The lowest BCUT2D eigenvalue weighted by Gasteiger charge is -2.36. The molecule has 1 aliphatic carbocycles. The maximum Gasteiger partial charge on any atom is 0.306 e. The van der Waals surface area contributed by atoms with Crippen molar-refractivity contribution in [1.29, 1.82) is 0 Å². The lowest BCUT2D eigenvalue weighted by atomic mass is 10.0. The number of nitrogens with one attached hydrogen (secondary N) is 2. The van der Waals surface area contributed by atoms with E-state index in [1.807, 2.05) is 20.8 Å². The average Bonchev–Trinajstić information content (AvgIpc) is 2.99. The first-order valence-corrected chi connectivity index (χ1v) is 6.59. The molecule has 2 N–H and O–H groups in total. The van der Waals surface area contributed by atoms with E-state index in [2.05, 4.69) is 24.5 Å². The van der Waals surface area contributed by atoms with Gasteiger partial charge in [-0.05, 0) is 40.5 Å². The Bertz CT molecular complexity index is 256. The van der Waals surface area contributed by atoms with Crippen molar-refractivity contribution in [1.82, 2.24) is 10.6 Å². The summed E-state index contributed by atoms with van der Waals surface area (Å²) in [6.07, 6.45) is 2.86. The van der Waals surface area contributed by atoms with Gasteiger partial charge in [-0.3, -0.25) is 15.4 Å². The van der Waals surface area contributed by atoms with Crippen molar-refractivity contribution in [2.45, 2.75) is 77.7 Å². The zero-order valence-corrected chi connectivity index (χ0v) is 11.7. The summed E-state index contributed by atoms with van der Waals surface area (Å²) in [6.45, 7) is 9.92. The Morgan fingerprint density at radius 1 is 1.41 bits per heavy atom. The van der Waals surface area contributed by atoms with Crippen molar-refractivity contribution in [2.24, 2.45) is 0 Å². The number of carbonyl (C=O) groups is 1. The lowest BCUT2D eigenvalue weighted by molar-refractivity contribution is -0.160. The SMILES string of the molecule is CCC(=O)OC(C)(C)C(NC(C)C)NC1CC1. The largest absolute Gasteiger partial charge is 0.457 e. The first kappa shape index (κ1) is 14.5. The van der Waals surface area contributed by atoms with Gasteiger partial charge in [0.15, 0.2) is 0 Å². The quantitative estimate of drug-likeness (QED) is 0.528. The van der Waals surface area contributed by atoms with Crippen molar-refractivity contribution in [3.05, 3.63) is 0 Å². The third-order valence-corrected chi connectivity index (χ3v) is 2.84. The molecule has 0 aromatic heterocycles. The summed E-state index contributed by atoms with van der Waals surface area (Å²) in [5, 5.41) is 6.94. The lowest BCUT2D eigenvalue weighted by Crippen LogP contribution is -2.60.